The number of aryl methyl sites for hydroxylation is 1. The lowest BCUT2D eigenvalue weighted by molar-refractivity contribution is -0.138. The van der Waals surface area contributed by atoms with Gasteiger partial charge in [-0.05, 0) is 18.2 Å². The highest BCUT2D eigenvalue weighted by atomic mass is 19.4. The highest BCUT2D eigenvalue weighted by Crippen LogP contribution is 2.39. The lowest BCUT2D eigenvalue weighted by atomic mass is 10.1. The molecule has 0 aliphatic heterocycles. The molecule has 2 aromatic rings. The van der Waals surface area contributed by atoms with Gasteiger partial charge in [0.1, 0.15) is 11.3 Å². The standard InChI is InChI=1S/C11H10F3N3O/c1-17-6-8(5-16-17)18-10-3-2-7(15)4-9(10)11(12,13)14/h2-6H,15H2,1H3. The molecular formula is C11H10F3N3O. The summed E-state index contributed by atoms with van der Waals surface area (Å²) in [6, 6.07) is 3.37. The van der Waals surface area contributed by atoms with E-state index in [9.17, 15) is 13.2 Å². The summed E-state index contributed by atoms with van der Waals surface area (Å²) in [6.07, 6.45) is -1.72. The Kier molecular flexibility index (Phi) is 2.90. The van der Waals surface area contributed by atoms with Gasteiger partial charge in [-0.1, -0.05) is 0 Å². The second-order valence-electron chi connectivity index (χ2n) is 3.71. The maximum absolute atomic E-state index is 12.8. The normalized spacial score (nSPS) is 11.6. The summed E-state index contributed by atoms with van der Waals surface area (Å²) in [5.41, 5.74) is 4.47. The zero-order valence-electron chi connectivity index (χ0n) is 9.40. The Morgan fingerprint density at radius 2 is 2.06 bits per heavy atom. The Bertz CT molecular complexity index is 563. The van der Waals surface area contributed by atoms with Gasteiger partial charge in [0.15, 0.2) is 5.75 Å². The first-order valence-electron chi connectivity index (χ1n) is 4.99. The lowest BCUT2D eigenvalue weighted by Crippen LogP contribution is -2.07. The van der Waals surface area contributed by atoms with Crippen molar-refractivity contribution in [2.24, 2.45) is 7.05 Å². The van der Waals surface area contributed by atoms with Gasteiger partial charge in [-0.2, -0.15) is 18.3 Å². The molecule has 1 aromatic heterocycles. The van der Waals surface area contributed by atoms with Crippen molar-refractivity contribution in [3.8, 4) is 11.5 Å². The molecule has 96 valence electrons. The molecule has 0 aliphatic carbocycles. The Hall–Kier alpha value is -2.18. The monoisotopic (exact) mass is 257 g/mol. The van der Waals surface area contributed by atoms with Crippen LogP contribution in [0.25, 0.3) is 0 Å². The van der Waals surface area contributed by atoms with Gasteiger partial charge < -0.3 is 10.5 Å². The van der Waals surface area contributed by atoms with Crippen LogP contribution in [0.5, 0.6) is 11.5 Å². The zero-order valence-corrected chi connectivity index (χ0v) is 9.40. The molecular weight excluding hydrogens is 247 g/mol. The van der Waals surface area contributed by atoms with Crippen LogP contribution in [0.2, 0.25) is 0 Å². The van der Waals surface area contributed by atoms with E-state index in [4.69, 9.17) is 10.5 Å². The fourth-order valence-electron chi connectivity index (χ4n) is 1.44. The maximum Gasteiger partial charge on any atom is 0.420 e. The Balaban J connectivity index is 2.38. The van der Waals surface area contributed by atoms with E-state index in [1.807, 2.05) is 0 Å². The molecule has 0 saturated carbocycles. The van der Waals surface area contributed by atoms with E-state index in [2.05, 4.69) is 5.10 Å². The van der Waals surface area contributed by atoms with Crippen LogP contribution in [0.15, 0.2) is 30.6 Å². The minimum absolute atomic E-state index is 0.0286. The summed E-state index contributed by atoms with van der Waals surface area (Å²) < 4.78 is 44.9. The van der Waals surface area contributed by atoms with Crippen LogP contribution < -0.4 is 10.5 Å². The number of benzene rings is 1. The molecule has 7 heteroatoms. The maximum atomic E-state index is 12.8. The number of hydrogen-bond donors (Lipinski definition) is 1. The van der Waals surface area contributed by atoms with Crippen LogP contribution in [0.3, 0.4) is 0 Å². The third-order valence-corrected chi connectivity index (χ3v) is 2.22. The summed E-state index contributed by atoms with van der Waals surface area (Å²) >= 11 is 0. The Morgan fingerprint density at radius 3 is 2.61 bits per heavy atom. The molecule has 4 nitrogen and oxygen atoms in total. The van der Waals surface area contributed by atoms with Crippen LogP contribution in [0.4, 0.5) is 18.9 Å². The lowest BCUT2D eigenvalue weighted by Gasteiger charge is -2.13. The van der Waals surface area contributed by atoms with Gasteiger partial charge in [0.25, 0.3) is 0 Å². The predicted molar refractivity (Wildman–Crippen MR) is 59.1 cm³/mol. The van der Waals surface area contributed by atoms with E-state index in [0.717, 1.165) is 6.07 Å². The molecule has 2 rings (SSSR count). The number of aromatic nitrogens is 2. The van der Waals surface area contributed by atoms with Crippen molar-refractivity contribution in [3.63, 3.8) is 0 Å². The van der Waals surface area contributed by atoms with Gasteiger partial charge >= 0.3 is 6.18 Å². The molecule has 0 radical (unpaired) electrons. The fourth-order valence-corrected chi connectivity index (χ4v) is 1.44. The number of nitrogen functional groups attached to an aromatic ring is 1. The number of hydrogen-bond acceptors (Lipinski definition) is 3. The van der Waals surface area contributed by atoms with E-state index < -0.39 is 11.7 Å². The van der Waals surface area contributed by atoms with Crippen molar-refractivity contribution in [1.82, 2.24) is 9.78 Å². The van der Waals surface area contributed by atoms with Gasteiger partial charge in [0.05, 0.1) is 12.4 Å². The predicted octanol–water partition coefficient (Wildman–Crippen LogP) is 2.81. The molecule has 2 N–H and O–H groups in total. The second kappa shape index (κ2) is 4.25. The average Bonchev–Trinajstić information content (AvgIpc) is 2.65. The first-order valence-corrected chi connectivity index (χ1v) is 4.99. The number of anilines is 1. The third-order valence-electron chi connectivity index (χ3n) is 2.22. The Labute approximate surface area is 101 Å². The van der Waals surface area contributed by atoms with E-state index >= 15 is 0 Å². The molecule has 18 heavy (non-hydrogen) atoms. The largest absolute Gasteiger partial charge is 0.453 e. The molecule has 0 spiro atoms. The third kappa shape index (κ3) is 2.55. The topological polar surface area (TPSA) is 53.1 Å². The van der Waals surface area contributed by atoms with Gasteiger partial charge in [0.2, 0.25) is 0 Å². The van der Waals surface area contributed by atoms with Gasteiger partial charge in [-0.25, -0.2) is 0 Å². The summed E-state index contributed by atoms with van der Waals surface area (Å²) in [7, 11) is 1.64. The minimum Gasteiger partial charge on any atom is -0.453 e. The van der Waals surface area contributed by atoms with E-state index in [-0.39, 0.29) is 17.2 Å². The van der Waals surface area contributed by atoms with Crippen molar-refractivity contribution in [1.29, 1.82) is 0 Å². The average molecular weight is 257 g/mol. The second-order valence-corrected chi connectivity index (χ2v) is 3.71. The van der Waals surface area contributed by atoms with Crippen LogP contribution >= 0.6 is 0 Å². The van der Waals surface area contributed by atoms with Crippen molar-refractivity contribution < 1.29 is 17.9 Å². The van der Waals surface area contributed by atoms with Gasteiger partial charge in [-0.15, -0.1) is 0 Å². The molecule has 0 aliphatic rings. The van der Waals surface area contributed by atoms with Crippen molar-refractivity contribution >= 4 is 5.69 Å². The molecule has 0 amide bonds. The highest BCUT2D eigenvalue weighted by molar-refractivity contribution is 5.50. The number of rotatable bonds is 2. The number of halogens is 3. The number of ether oxygens (including phenoxy) is 1. The molecule has 1 heterocycles. The number of nitrogens with two attached hydrogens (primary N) is 1. The summed E-state index contributed by atoms with van der Waals surface area (Å²) in [4.78, 5) is 0. The molecule has 0 fully saturated rings. The van der Waals surface area contributed by atoms with E-state index in [0.29, 0.717) is 0 Å². The summed E-state index contributed by atoms with van der Waals surface area (Å²) in [6.45, 7) is 0. The zero-order chi connectivity index (χ0) is 13.3. The fraction of sp³-hybridized carbons (Fsp3) is 0.182. The van der Waals surface area contributed by atoms with Crippen LogP contribution in [0, 0.1) is 0 Å². The first-order chi connectivity index (χ1) is 8.36. The molecule has 1 aromatic carbocycles. The smallest absolute Gasteiger partial charge is 0.420 e. The highest BCUT2D eigenvalue weighted by Gasteiger charge is 2.34. The van der Waals surface area contributed by atoms with Crippen molar-refractivity contribution in [2.45, 2.75) is 6.18 Å². The molecule has 0 saturated heterocycles. The quantitative estimate of drug-likeness (QED) is 0.841. The van der Waals surface area contributed by atoms with Gasteiger partial charge in [-0.3, -0.25) is 4.68 Å². The van der Waals surface area contributed by atoms with Crippen molar-refractivity contribution in [2.75, 3.05) is 5.73 Å². The SMILES string of the molecule is Cn1cc(Oc2ccc(N)cc2C(F)(F)F)cn1. The van der Waals surface area contributed by atoms with E-state index in [1.165, 1.54) is 29.2 Å². The van der Waals surface area contributed by atoms with E-state index in [1.54, 1.807) is 7.05 Å². The molecule has 0 unspecified atom stereocenters. The number of alkyl halides is 3. The Morgan fingerprint density at radius 1 is 1.33 bits per heavy atom. The minimum atomic E-state index is -4.52. The molecule has 0 bridgehead atoms. The van der Waals surface area contributed by atoms with Crippen LogP contribution in [-0.4, -0.2) is 9.78 Å². The number of nitrogens with zero attached hydrogens (tertiary/aromatic N) is 2. The van der Waals surface area contributed by atoms with Crippen molar-refractivity contribution in [3.05, 3.63) is 36.2 Å². The van der Waals surface area contributed by atoms with Gasteiger partial charge in [0, 0.05) is 12.7 Å². The molecule has 0 atom stereocenters. The first kappa shape index (κ1) is 12.3. The summed E-state index contributed by atoms with van der Waals surface area (Å²) in [5, 5.41) is 3.81. The summed E-state index contributed by atoms with van der Waals surface area (Å²) in [5.74, 6) is -0.0718. The van der Waals surface area contributed by atoms with Crippen LogP contribution in [-0.2, 0) is 13.2 Å². The van der Waals surface area contributed by atoms with Crippen LogP contribution in [0.1, 0.15) is 5.56 Å².